The SMILES string of the molecule is CN1CC(c2ccccc2CS(=O)(=O)Cl)C1. The summed E-state index contributed by atoms with van der Waals surface area (Å²) < 4.78 is 22.2. The Morgan fingerprint density at radius 3 is 2.56 bits per heavy atom. The molecule has 0 N–H and O–H groups in total. The van der Waals surface area contributed by atoms with Crippen LogP contribution in [0.3, 0.4) is 0 Å². The van der Waals surface area contributed by atoms with Crippen LogP contribution >= 0.6 is 10.7 Å². The second-order valence-corrected chi connectivity index (χ2v) is 7.08. The van der Waals surface area contributed by atoms with Crippen molar-refractivity contribution in [2.45, 2.75) is 11.7 Å². The average molecular weight is 260 g/mol. The quantitative estimate of drug-likeness (QED) is 0.777. The lowest BCUT2D eigenvalue weighted by Crippen LogP contribution is -2.42. The minimum absolute atomic E-state index is 0.0784. The molecule has 5 heteroatoms. The van der Waals surface area contributed by atoms with E-state index in [9.17, 15) is 8.42 Å². The van der Waals surface area contributed by atoms with Crippen molar-refractivity contribution in [2.75, 3.05) is 20.1 Å². The van der Waals surface area contributed by atoms with E-state index in [1.807, 2.05) is 24.3 Å². The molecule has 0 atom stereocenters. The maximum absolute atomic E-state index is 11.1. The zero-order valence-electron chi connectivity index (χ0n) is 9.06. The maximum Gasteiger partial charge on any atom is 0.236 e. The molecule has 1 aliphatic rings. The summed E-state index contributed by atoms with van der Waals surface area (Å²) in [6, 6.07) is 7.63. The topological polar surface area (TPSA) is 37.4 Å². The predicted molar refractivity (Wildman–Crippen MR) is 65.2 cm³/mol. The van der Waals surface area contributed by atoms with Gasteiger partial charge in [0.25, 0.3) is 0 Å². The van der Waals surface area contributed by atoms with Gasteiger partial charge in [-0.1, -0.05) is 24.3 Å². The lowest BCUT2D eigenvalue weighted by molar-refractivity contribution is 0.189. The van der Waals surface area contributed by atoms with Crippen molar-refractivity contribution in [3.8, 4) is 0 Å². The second kappa shape index (κ2) is 4.35. The fraction of sp³-hybridized carbons (Fsp3) is 0.455. The molecule has 1 aromatic carbocycles. The Hall–Kier alpha value is -0.580. The van der Waals surface area contributed by atoms with Crippen LogP contribution in [0.4, 0.5) is 0 Å². The van der Waals surface area contributed by atoms with Gasteiger partial charge in [0, 0.05) is 29.7 Å². The van der Waals surface area contributed by atoms with Crippen molar-refractivity contribution in [3.63, 3.8) is 0 Å². The lowest BCUT2D eigenvalue weighted by Gasteiger charge is -2.37. The Labute approximate surface area is 100 Å². The Kier molecular flexibility index (Phi) is 3.24. The minimum Gasteiger partial charge on any atom is -0.305 e. The van der Waals surface area contributed by atoms with E-state index in [2.05, 4.69) is 11.9 Å². The van der Waals surface area contributed by atoms with Crippen LogP contribution in [0, 0.1) is 0 Å². The van der Waals surface area contributed by atoms with Crippen molar-refractivity contribution < 1.29 is 8.42 Å². The van der Waals surface area contributed by atoms with E-state index in [1.165, 1.54) is 0 Å². The Balaban J connectivity index is 2.24. The van der Waals surface area contributed by atoms with Gasteiger partial charge in [-0.05, 0) is 18.2 Å². The standard InChI is InChI=1S/C11H14ClNO2S/c1-13-6-10(7-13)11-5-3-2-4-9(11)8-16(12,14)15/h2-5,10H,6-8H2,1H3. The smallest absolute Gasteiger partial charge is 0.236 e. The fourth-order valence-corrected chi connectivity index (χ4v) is 3.13. The molecule has 88 valence electrons. The van der Waals surface area contributed by atoms with Gasteiger partial charge in [0.2, 0.25) is 9.05 Å². The molecule has 0 bridgehead atoms. The highest BCUT2D eigenvalue weighted by atomic mass is 35.7. The summed E-state index contributed by atoms with van der Waals surface area (Å²) in [5.41, 5.74) is 1.94. The predicted octanol–water partition coefficient (Wildman–Crippen LogP) is 1.78. The van der Waals surface area contributed by atoms with Gasteiger partial charge < -0.3 is 4.90 Å². The molecule has 16 heavy (non-hydrogen) atoms. The molecule has 3 nitrogen and oxygen atoms in total. The lowest BCUT2D eigenvalue weighted by atomic mass is 9.89. The van der Waals surface area contributed by atoms with E-state index in [1.54, 1.807) is 0 Å². The molecule has 1 heterocycles. The first-order valence-electron chi connectivity index (χ1n) is 5.14. The Morgan fingerprint density at radius 1 is 1.38 bits per heavy atom. The first-order chi connectivity index (χ1) is 7.46. The summed E-state index contributed by atoms with van der Waals surface area (Å²) in [4.78, 5) is 2.21. The second-order valence-electron chi connectivity index (χ2n) is 4.30. The molecule has 0 radical (unpaired) electrons. The van der Waals surface area contributed by atoms with Crippen molar-refractivity contribution in [3.05, 3.63) is 35.4 Å². The molecule has 1 aliphatic heterocycles. The van der Waals surface area contributed by atoms with E-state index < -0.39 is 9.05 Å². The van der Waals surface area contributed by atoms with E-state index in [-0.39, 0.29) is 5.75 Å². The summed E-state index contributed by atoms with van der Waals surface area (Å²) in [6.45, 7) is 1.97. The zero-order chi connectivity index (χ0) is 11.8. The molecule has 0 amide bonds. The number of hydrogen-bond donors (Lipinski definition) is 0. The minimum atomic E-state index is -3.47. The van der Waals surface area contributed by atoms with Crippen LogP contribution in [0.2, 0.25) is 0 Å². The Morgan fingerprint density at radius 2 is 2.00 bits per heavy atom. The molecule has 1 aromatic rings. The van der Waals surface area contributed by atoms with Crippen molar-refractivity contribution in [1.29, 1.82) is 0 Å². The van der Waals surface area contributed by atoms with Gasteiger partial charge in [0.15, 0.2) is 0 Å². The number of nitrogens with zero attached hydrogens (tertiary/aromatic N) is 1. The van der Waals surface area contributed by atoms with E-state index in [4.69, 9.17) is 10.7 Å². The molecule has 0 aliphatic carbocycles. The molecule has 0 spiro atoms. The average Bonchev–Trinajstić information content (AvgIpc) is 2.12. The summed E-state index contributed by atoms with van der Waals surface area (Å²) in [5, 5.41) is 0. The summed E-state index contributed by atoms with van der Waals surface area (Å²) in [7, 11) is 3.88. The molecule has 2 rings (SSSR count). The number of hydrogen-bond acceptors (Lipinski definition) is 3. The van der Waals surface area contributed by atoms with Gasteiger partial charge >= 0.3 is 0 Å². The molecular formula is C11H14ClNO2S. The molecule has 0 saturated carbocycles. The van der Waals surface area contributed by atoms with Crippen LogP contribution in [-0.4, -0.2) is 33.5 Å². The van der Waals surface area contributed by atoms with Crippen LogP contribution in [0.15, 0.2) is 24.3 Å². The van der Waals surface area contributed by atoms with Crippen LogP contribution in [0.25, 0.3) is 0 Å². The van der Waals surface area contributed by atoms with Gasteiger partial charge in [0.1, 0.15) is 0 Å². The molecule has 0 unspecified atom stereocenters. The van der Waals surface area contributed by atoms with Crippen LogP contribution in [0.5, 0.6) is 0 Å². The van der Waals surface area contributed by atoms with Gasteiger partial charge in [-0.15, -0.1) is 0 Å². The highest BCUT2D eigenvalue weighted by molar-refractivity contribution is 8.13. The van der Waals surface area contributed by atoms with Gasteiger partial charge in [0.05, 0.1) is 5.75 Å². The van der Waals surface area contributed by atoms with E-state index >= 15 is 0 Å². The highest BCUT2D eigenvalue weighted by Gasteiger charge is 2.27. The third-order valence-electron chi connectivity index (χ3n) is 2.89. The largest absolute Gasteiger partial charge is 0.305 e. The van der Waals surface area contributed by atoms with Crippen LogP contribution in [-0.2, 0) is 14.8 Å². The molecule has 1 saturated heterocycles. The first-order valence-corrected chi connectivity index (χ1v) is 7.62. The normalized spacial score (nSPS) is 18.4. The zero-order valence-corrected chi connectivity index (χ0v) is 10.6. The van der Waals surface area contributed by atoms with Crippen LogP contribution in [0.1, 0.15) is 17.0 Å². The van der Waals surface area contributed by atoms with Crippen molar-refractivity contribution in [2.24, 2.45) is 0 Å². The van der Waals surface area contributed by atoms with Crippen molar-refractivity contribution >= 4 is 19.7 Å². The Bertz CT molecular complexity index is 481. The summed E-state index contributed by atoms with van der Waals surface area (Å²) >= 11 is 0. The fourth-order valence-electron chi connectivity index (χ4n) is 2.15. The van der Waals surface area contributed by atoms with Gasteiger partial charge in [-0.25, -0.2) is 8.42 Å². The number of benzene rings is 1. The maximum atomic E-state index is 11.1. The third kappa shape index (κ3) is 2.75. The van der Waals surface area contributed by atoms with Gasteiger partial charge in [-0.3, -0.25) is 0 Å². The number of rotatable bonds is 3. The van der Waals surface area contributed by atoms with E-state index in [0.717, 1.165) is 24.2 Å². The highest BCUT2D eigenvalue weighted by Crippen LogP contribution is 2.29. The third-order valence-corrected chi connectivity index (χ3v) is 3.87. The van der Waals surface area contributed by atoms with E-state index in [0.29, 0.717) is 5.92 Å². The molecule has 0 aromatic heterocycles. The molecule has 1 fully saturated rings. The number of likely N-dealkylation sites (tertiary alicyclic amines) is 1. The number of halogens is 1. The molecular weight excluding hydrogens is 246 g/mol. The monoisotopic (exact) mass is 259 g/mol. The summed E-state index contributed by atoms with van der Waals surface area (Å²) in [6.07, 6.45) is 0. The van der Waals surface area contributed by atoms with Crippen LogP contribution < -0.4 is 0 Å². The van der Waals surface area contributed by atoms with Gasteiger partial charge in [-0.2, -0.15) is 0 Å². The van der Waals surface area contributed by atoms with Crippen molar-refractivity contribution in [1.82, 2.24) is 4.90 Å². The first kappa shape index (κ1) is 11.9. The summed E-state index contributed by atoms with van der Waals surface area (Å²) in [5.74, 6) is 0.366. The number of likely N-dealkylation sites (N-methyl/N-ethyl adjacent to an activating group) is 1.